The van der Waals surface area contributed by atoms with Gasteiger partial charge in [-0.15, -0.1) is 0 Å². The maximum Gasteiger partial charge on any atom is 0.0486 e. The van der Waals surface area contributed by atoms with E-state index in [9.17, 15) is 0 Å². The van der Waals surface area contributed by atoms with Gasteiger partial charge >= 0.3 is 0 Å². The zero-order chi connectivity index (χ0) is 9.80. The highest BCUT2D eigenvalue weighted by atomic mass is 14.9. The van der Waals surface area contributed by atoms with E-state index in [2.05, 4.69) is 48.0 Å². The molecule has 0 aliphatic carbocycles. The molecule has 0 saturated carbocycles. The minimum Gasteiger partial charge on any atom is -0.347 e. The van der Waals surface area contributed by atoms with Crippen LogP contribution in [0.2, 0.25) is 0 Å². The Kier molecular flexibility index (Phi) is 2.87. The first kappa shape index (κ1) is 9.32. The molecule has 2 aromatic rings. The summed E-state index contributed by atoms with van der Waals surface area (Å²) < 4.78 is 2.30. The predicted octanol–water partition coefficient (Wildman–Crippen LogP) is 3.63. The van der Waals surface area contributed by atoms with Crippen molar-refractivity contribution in [2.24, 2.45) is 0 Å². The summed E-state index contributed by atoms with van der Waals surface area (Å²) in [4.78, 5) is 0. The van der Waals surface area contributed by atoms with Gasteiger partial charge in [0.05, 0.1) is 0 Å². The molecule has 73 valence electrons. The summed E-state index contributed by atoms with van der Waals surface area (Å²) in [7, 11) is 0. The summed E-state index contributed by atoms with van der Waals surface area (Å²) in [5, 5.41) is 1.23. The summed E-state index contributed by atoms with van der Waals surface area (Å²) in [6, 6.07) is 11.7. The van der Waals surface area contributed by atoms with Gasteiger partial charge in [0.1, 0.15) is 0 Å². The van der Waals surface area contributed by atoms with Crippen LogP contribution in [0, 0.1) is 6.07 Å². The van der Waals surface area contributed by atoms with E-state index in [1.165, 1.54) is 30.2 Å². The lowest BCUT2D eigenvalue weighted by molar-refractivity contribution is 0.616. The van der Waals surface area contributed by atoms with Crippen LogP contribution in [0.1, 0.15) is 26.2 Å². The summed E-state index contributed by atoms with van der Waals surface area (Å²) in [5.74, 6) is 0. The molecule has 0 saturated heterocycles. The van der Waals surface area contributed by atoms with Gasteiger partial charge in [0.15, 0.2) is 0 Å². The van der Waals surface area contributed by atoms with Gasteiger partial charge in [0.2, 0.25) is 0 Å². The van der Waals surface area contributed by atoms with Crippen LogP contribution in [0.4, 0.5) is 0 Å². The Morgan fingerprint density at radius 3 is 2.93 bits per heavy atom. The van der Waals surface area contributed by atoms with E-state index in [1.54, 1.807) is 0 Å². The summed E-state index contributed by atoms with van der Waals surface area (Å²) >= 11 is 0. The highest BCUT2D eigenvalue weighted by Gasteiger charge is 1.98. The molecule has 1 aromatic heterocycles. The molecule has 1 heterocycles. The van der Waals surface area contributed by atoms with Crippen molar-refractivity contribution in [2.45, 2.75) is 32.7 Å². The maximum atomic E-state index is 3.28. The molecule has 0 spiro atoms. The van der Waals surface area contributed by atoms with Crippen molar-refractivity contribution in [2.75, 3.05) is 0 Å². The van der Waals surface area contributed by atoms with Crippen molar-refractivity contribution in [3.05, 3.63) is 36.5 Å². The van der Waals surface area contributed by atoms with Gasteiger partial charge in [-0.05, 0) is 12.5 Å². The normalized spacial score (nSPS) is 10.9. The lowest BCUT2D eigenvalue weighted by Gasteiger charge is -2.03. The average molecular weight is 186 g/mol. The van der Waals surface area contributed by atoms with Crippen molar-refractivity contribution in [1.82, 2.24) is 4.57 Å². The van der Waals surface area contributed by atoms with Gasteiger partial charge in [0.25, 0.3) is 0 Å². The van der Waals surface area contributed by atoms with E-state index in [-0.39, 0.29) is 0 Å². The standard InChI is InChI=1S/C13H16N/c1-2-3-6-10-14-11-9-12-7-4-5-8-13(12)14/h4-5,7-8,11H,2-3,6,10H2,1H3. The number of para-hydroxylation sites is 1. The van der Waals surface area contributed by atoms with E-state index in [0.717, 1.165) is 6.54 Å². The second-order valence-electron chi connectivity index (χ2n) is 3.69. The molecule has 0 amide bonds. The number of aryl methyl sites for hydroxylation is 1. The fraction of sp³-hybridized carbons (Fsp3) is 0.385. The molecule has 1 heteroatoms. The third-order valence-corrected chi connectivity index (χ3v) is 2.59. The van der Waals surface area contributed by atoms with E-state index in [0.29, 0.717) is 0 Å². The quantitative estimate of drug-likeness (QED) is 0.642. The minimum atomic E-state index is 1.12. The molecule has 0 aliphatic heterocycles. The molecule has 0 bridgehead atoms. The van der Waals surface area contributed by atoms with Crippen LogP contribution in [-0.4, -0.2) is 4.57 Å². The third kappa shape index (κ3) is 1.82. The average Bonchev–Trinajstić information content (AvgIpc) is 2.63. The van der Waals surface area contributed by atoms with Crippen LogP contribution in [-0.2, 0) is 6.54 Å². The molecule has 1 radical (unpaired) electrons. The number of unbranched alkanes of at least 4 members (excludes halogenated alkanes) is 2. The zero-order valence-electron chi connectivity index (χ0n) is 8.66. The Morgan fingerprint density at radius 1 is 1.21 bits per heavy atom. The van der Waals surface area contributed by atoms with Crippen molar-refractivity contribution in [1.29, 1.82) is 0 Å². The number of rotatable bonds is 4. The SMILES string of the molecule is CCCCCn1c[c]c2ccccc21. The summed E-state index contributed by atoms with van der Waals surface area (Å²) in [5.41, 5.74) is 1.31. The molecular weight excluding hydrogens is 170 g/mol. The van der Waals surface area contributed by atoms with Crippen molar-refractivity contribution in [3.8, 4) is 0 Å². The predicted molar refractivity (Wildman–Crippen MR) is 60.3 cm³/mol. The largest absolute Gasteiger partial charge is 0.347 e. The lowest BCUT2D eigenvalue weighted by atomic mass is 10.2. The molecule has 14 heavy (non-hydrogen) atoms. The van der Waals surface area contributed by atoms with Gasteiger partial charge in [-0.2, -0.15) is 0 Å². The van der Waals surface area contributed by atoms with Gasteiger partial charge in [-0.25, -0.2) is 0 Å². The van der Waals surface area contributed by atoms with Crippen molar-refractivity contribution >= 4 is 10.9 Å². The lowest BCUT2D eigenvalue weighted by Crippen LogP contribution is -1.95. The monoisotopic (exact) mass is 186 g/mol. The first-order valence-corrected chi connectivity index (χ1v) is 5.37. The number of aromatic nitrogens is 1. The van der Waals surface area contributed by atoms with Gasteiger partial charge < -0.3 is 4.57 Å². The summed E-state index contributed by atoms with van der Waals surface area (Å²) in [6.07, 6.45) is 5.93. The smallest absolute Gasteiger partial charge is 0.0486 e. The van der Waals surface area contributed by atoms with Crippen LogP contribution in [0.25, 0.3) is 10.9 Å². The topological polar surface area (TPSA) is 4.93 Å². The number of hydrogen-bond donors (Lipinski definition) is 0. The highest BCUT2D eigenvalue weighted by Crippen LogP contribution is 2.15. The van der Waals surface area contributed by atoms with Crippen molar-refractivity contribution < 1.29 is 0 Å². The summed E-state index contributed by atoms with van der Waals surface area (Å²) in [6.45, 7) is 3.36. The van der Waals surface area contributed by atoms with Crippen LogP contribution in [0.3, 0.4) is 0 Å². The van der Waals surface area contributed by atoms with E-state index in [4.69, 9.17) is 0 Å². The molecular formula is C13H16N. The van der Waals surface area contributed by atoms with E-state index in [1.807, 2.05) is 0 Å². The first-order chi connectivity index (χ1) is 6.92. The van der Waals surface area contributed by atoms with Gasteiger partial charge in [-0.1, -0.05) is 38.0 Å². The molecule has 2 rings (SSSR count). The molecule has 0 unspecified atom stereocenters. The Hall–Kier alpha value is -1.24. The molecule has 1 aromatic carbocycles. The van der Waals surface area contributed by atoms with E-state index < -0.39 is 0 Å². The van der Waals surface area contributed by atoms with Crippen LogP contribution >= 0.6 is 0 Å². The number of hydrogen-bond acceptors (Lipinski definition) is 0. The van der Waals surface area contributed by atoms with E-state index >= 15 is 0 Å². The fourth-order valence-corrected chi connectivity index (χ4v) is 1.78. The molecule has 0 fully saturated rings. The first-order valence-electron chi connectivity index (χ1n) is 5.37. The maximum absolute atomic E-state index is 3.28. The second kappa shape index (κ2) is 4.32. The number of benzene rings is 1. The molecule has 0 N–H and O–H groups in total. The van der Waals surface area contributed by atoms with Crippen LogP contribution in [0.5, 0.6) is 0 Å². The Balaban J connectivity index is 2.17. The van der Waals surface area contributed by atoms with Crippen LogP contribution < -0.4 is 0 Å². The van der Waals surface area contributed by atoms with Gasteiger partial charge in [-0.3, -0.25) is 0 Å². The Morgan fingerprint density at radius 2 is 2.07 bits per heavy atom. The van der Waals surface area contributed by atoms with Crippen LogP contribution in [0.15, 0.2) is 30.5 Å². The molecule has 1 nitrogen and oxygen atoms in total. The fourth-order valence-electron chi connectivity index (χ4n) is 1.78. The van der Waals surface area contributed by atoms with Gasteiger partial charge in [0, 0.05) is 29.7 Å². The zero-order valence-corrected chi connectivity index (χ0v) is 8.66. The number of nitrogens with zero attached hydrogens (tertiary/aromatic N) is 1. The third-order valence-electron chi connectivity index (χ3n) is 2.59. The second-order valence-corrected chi connectivity index (χ2v) is 3.69. The van der Waals surface area contributed by atoms with Crippen molar-refractivity contribution in [3.63, 3.8) is 0 Å². The number of fused-ring (bicyclic) bond motifs is 1. The minimum absolute atomic E-state index is 1.12. The molecule has 0 atom stereocenters. The Bertz CT molecular complexity index is 400. The molecule has 0 aliphatic rings. The highest BCUT2D eigenvalue weighted by molar-refractivity contribution is 5.79. The Labute approximate surface area is 85.4 Å².